The van der Waals surface area contributed by atoms with E-state index in [1.54, 1.807) is 12.3 Å². The van der Waals surface area contributed by atoms with Gasteiger partial charge in [-0.1, -0.05) is 0 Å². The van der Waals surface area contributed by atoms with Crippen LogP contribution < -0.4 is 15.6 Å². The van der Waals surface area contributed by atoms with E-state index in [0.717, 1.165) is 25.9 Å². The van der Waals surface area contributed by atoms with Crippen molar-refractivity contribution in [1.82, 2.24) is 20.0 Å². The van der Waals surface area contributed by atoms with Gasteiger partial charge in [0.25, 0.3) is 5.56 Å². The third kappa shape index (κ3) is 4.11. The smallest absolute Gasteiger partial charge is 0.303 e. The molecule has 0 amide bonds. The number of benzene rings is 1. The molecule has 0 unspecified atom stereocenters. The second-order valence-corrected chi connectivity index (χ2v) is 9.43. The lowest BCUT2D eigenvalue weighted by Crippen LogP contribution is -2.35. The summed E-state index contributed by atoms with van der Waals surface area (Å²) in [5.41, 5.74) is 1.14. The Labute approximate surface area is 172 Å². The highest BCUT2D eigenvalue weighted by molar-refractivity contribution is 7.89. The number of hydrogen-bond donors (Lipinski definition) is 5. The van der Waals surface area contributed by atoms with Crippen molar-refractivity contribution < 1.29 is 18.3 Å². The number of fused-ring (bicyclic) bond motifs is 3. The molecule has 10 heteroatoms. The molecule has 3 heterocycles. The van der Waals surface area contributed by atoms with E-state index in [1.807, 2.05) is 0 Å². The number of H-pyrrole nitrogens is 2. The minimum absolute atomic E-state index is 0.0863. The van der Waals surface area contributed by atoms with E-state index in [1.165, 1.54) is 12.1 Å². The highest BCUT2D eigenvalue weighted by Crippen LogP contribution is 2.28. The molecular weight excluding hydrogens is 408 g/mol. The number of carbonyl (C=O) groups is 1. The van der Waals surface area contributed by atoms with E-state index in [-0.39, 0.29) is 23.3 Å². The van der Waals surface area contributed by atoms with E-state index in [2.05, 4.69) is 20.0 Å². The van der Waals surface area contributed by atoms with Crippen molar-refractivity contribution in [2.75, 3.05) is 19.6 Å². The summed E-state index contributed by atoms with van der Waals surface area (Å²) in [7, 11) is -3.72. The lowest BCUT2D eigenvalue weighted by atomic mass is 9.99. The molecule has 1 saturated heterocycles. The second kappa shape index (κ2) is 8.21. The summed E-state index contributed by atoms with van der Waals surface area (Å²) in [5, 5.41) is 13.4. The summed E-state index contributed by atoms with van der Waals surface area (Å²) in [4.78, 5) is 29.1. The number of rotatable bonds is 7. The summed E-state index contributed by atoms with van der Waals surface area (Å²) < 4.78 is 28.5. The third-order valence-electron chi connectivity index (χ3n) is 5.64. The predicted molar refractivity (Wildman–Crippen MR) is 113 cm³/mol. The molecule has 9 nitrogen and oxygen atoms in total. The van der Waals surface area contributed by atoms with Crippen LogP contribution in [0.5, 0.6) is 0 Å². The first-order chi connectivity index (χ1) is 14.3. The maximum absolute atomic E-state index is 12.9. The zero-order valence-corrected chi connectivity index (χ0v) is 17.1. The van der Waals surface area contributed by atoms with Crippen LogP contribution in [0.4, 0.5) is 0 Å². The first kappa shape index (κ1) is 20.6. The van der Waals surface area contributed by atoms with Gasteiger partial charge in [0, 0.05) is 35.5 Å². The van der Waals surface area contributed by atoms with Gasteiger partial charge in [-0.2, -0.15) is 0 Å². The molecule has 0 radical (unpaired) electrons. The highest BCUT2D eigenvalue weighted by atomic mass is 32.2. The third-order valence-corrected chi connectivity index (χ3v) is 7.06. The standard InChI is InChI=1S/C20H24N4O5S/c25-17(26)4-1-13-11-22-19-18(13)15-9-14(2-3-16(15)24-20(19)27)30(28,29)23-10-12-5-7-21-8-6-12/h2-3,9,11-12,21-23H,1,4-8,10H2,(H,24,27)(H,25,26). The fraction of sp³-hybridized carbons (Fsp3) is 0.400. The molecule has 1 fully saturated rings. The summed E-state index contributed by atoms with van der Waals surface area (Å²) in [6.45, 7) is 2.16. The van der Waals surface area contributed by atoms with Crippen molar-refractivity contribution in [3.8, 4) is 0 Å². The number of sulfonamides is 1. The number of aromatic nitrogens is 2. The van der Waals surface area contributed by atoms with Crippen molar-refractivity contribution >= 4 is 37.8 Å². The topological polar surface area (TPSA) is 144 Å². The molecule has 2 aromatic heterocycles. The molecule has 0 bridgehead atoms. The van der Waals surface area contributed by atoms with Crippen LogP contribution in [-0.2, 0) is 21.2 Å². The van der Waals surface area contributed by atoms with Crippen LogP contribution in [0.15, 0.2) is 34.1 Å². The van der Waals surface area contributed by atoms with Gasteiger partial charge < -0.3 is 20.4 Å². The average Bonchev–Trinajstić information content (AvgIpc) is 3.16. The summed E-state index contributed by atoms with van der Waals surface area (Å²) in [6.07, 6.45) is 3.62. The van der Waals surface area contributed by atoms with E-state index >= 15 is 0 Å². The normalized spacial score (nSPS) is 15.7. The largest absolute Gasteiger partial charge is 0.481 e. The minimum Gasteiger partial charge on any atom is -0.481 e. The Kier molecular flexibility index (Phi) is 5.63. The highest BCUT2D eigenvalue weighted by Gasteiger charge is 2.20. The molecule has 0 atom stereocenters. The number of hydrogen-bond acceptors (Lipinski definition) is 5. The number of carboxylic acid groups (broad SMARTS) is 1. The summed E-state index contributed by atoms with van der Waals surface area (Å²) >= 11 is 0. The zero-order chi connectivity index (χ0) is 21.3. The number of pyridine rings is 1. The molecule has 0 saturated carbocycles. The monoisotopic (exact) mass is 432 g/mol. The van der Waals surface area contributed by atoms with Gasteiger partial charge in [-0.15, -0.1) is 0 Å². The van der Waals surface area contributed by atoms with Gasteiger partial charge in [-0.05, 0) is 62.0 Å². The minimum atomic E-state index is -3.72. The number of carboxylic acids is 1. The SMILES string of the molecule is O=C(O)CCc1c[nH]c2c(=O)[nH]c3ccc(S(=O)(=O)NCC4CCNCC4)cc3c12. The van der Waals surface area contributed by atoms with Gasteiger partial charge in [-0.3, -0.25) is 9.59 Å². The van der Waals surface area contributed by atoms with Crippen LogP contribution in [0, 0.1) is 5.92 Å². The fourth-order valence-corrected chi connectivity index (χ4v) is 5.12. The van der Waals surface area contributed by atoms with Crippen molar-refractivity contribution in [2.45, 2.75) is 30.6 Å². The molecule has 0 spiro atoms. The molecule has 0 aliphatic carbocycles. The molecular formula is C20H24N4O5S. The van der Waals surface area contributed by atoms with Crippen LogP contribution in [-0.4, -0.2) is 49.1 Å². The summed E-state index contributed by atoms with van der Waals surface area (Å²) in [6, 6.07) is 4.58. The number of aryl methyl sites for hydroxylation is 1. The Balaban J connectivity index is 1.72. The van der Waals surface area contributed by atoms with Crippen molar-refractivity contribution in [1.29, 1.82) is 0 Å². The number of aliphatic carboxylic acids is 1. The lowest BCUT2D eigenvalue weighted by Gasteiger charge is -2.22. The first-order valence-corrected chi connectivity index (χ1v) is 11.4. The van der Waals surface area contributed by atoms with Crippen LogP contribution in [0.2, 0.25) is 0 Å². The molecule has 1 aromatic carbocycles. The predicted octanol–water partition coefficient (Wildman–Crippen LogP) is 1.30. The van der Waals surface area contributed by atoms with Gasteiger partial charge in [0.2, 0.25) is 10.0 Å². The van der Waals surface area contributed by atoms with Gasteiger partial charge in [0.1, 0.15) is 5.52 Å². The van der Waals surface area contributed by atoms with Crippen LogP contribution in [0.25, 0.3) is 21.8 Å². The van der Waals surface area contributed by atoms with E-state index in [4.69, 9.17) is 5.11 Å². The second-order valence-electron chi connectivity index (χ2n) is 7.66. The quantitative estimate of drug-likeness (QED) is 0.381. The van der Waals surface area contributed by atoms with Gasteiger partial charge in [0.05, 0.1) is 4.90 Å². The Morgan fingerprint density at radius 1 is 1.23 bits per heavy atom. The Morgan fingerprint density at radius 2 is 2.00 bits per heavy atom. The van der Waals surface area contributed by atoms with Gasteiger partial charge in [0.15, 0.2) is 0 Å². The maximum Gasteiger partial charge on any atom is 0.303 e. The van der Waals surface area contributed by atoms with Crippen LogP contribution >= 0.6 is 0 Å². The van der Waals surface area contributed by atoms with E-state index in [0.29, 0.717) is 39.8 Å². The number of nitrogens with one attached hydrogen (secondary N) is 4. The van der Waals surface area contributed by atoms with E-state index in [9.17, 15) is 18.0 Å². The fourth-order valence-electron chi connectivity index (χ4n) is 3.98. The molecule has 160 valence electrons. The van der Waals surface area contributed by atoms with Crippen molar-refractivity contribution in [3.63, 3.8) is 0 Å². The first-order valence-electron chi connectivity index (χ1n) is 9.93. The Bertz CT molecular complexity index is 1260. The number of piperidine rings is 1. The van der Waals surface area contributed by atoms with Crippen molar-refractivity contribution in [2.24, 2.45) is 5.92 Å². The Hall–Kier alpha value is -2.69. The Morgan fingerprint density at radius 3 is 2.73 bits per heavy atom. The number of aromatic amines is 2. The van der Waals surface area contributed by atoms with Crippen molar-refractivity contribution in [3.05, 3.63) is 40.3 Å². The molecule has 4 rings (SSSR count). The van der Waals surface area contributed by atoms with Gasteiger partial charge >= 0.3 is 5.97 Å². The molecule has 3 aromatic rings. The van der Waals surface area contributed by atoms with E-state index < -0.39 is 16.0 Å². The van der Waals surface area contributed by atoms with Gasteiger partial charge in [-0.25, -0.2) is 13.1 Å². The molecule has 1 aliphatic rings. The van der Waals surface area contributed by atoms with Crippen LogP contribution in [0.3, 0.4) is 0 Å². The zero-order valence-electron chi connectivity index (χ0n) is 16.3. The molecule has 1 aliphatic heterocycles. The van der Waals surface area contributed by atoms with Crippen LogP contribution in [0.1, 0.15) is 24.8 Å². The summed E-state index contributed by atoms with van der Waals surface area (Å²) in [5.74, 6) is -0.638. The average molecular weight is 433 g/mol. The maximum atomic E-state index is 12.9. The molecule has 30 heavy (non-hydrogen) atoms. The molecule has 5 N–H and O–H groups in total. The lowest BCUT2D eigenvalue weighted by molar-refractivity contribution is -0.136.